The van der Waals surface area contributed by atoms with Crippen molar-refractivity contribution >= 4 is 28.7 Å². The van der Waals surface area contributed by atoms with Gasteiger partial charge in [0.2, 0.25) is 0 Å². The molecule has 2 unspecified atom stereocenters. The zero-order chi connectivity index (χ0) is 22.0. The van der Waals surface area contributed by atoms with Gasteiger partial charge in [0.15, 0.2) is 22.1 Å². The van der Waals surface area contributed by atoms with Gasteiger partial charge in [0.05, 0.1) is 0 Å². The Hall–Kier alpha value is -1.79. The molecule has 31 heavy (non-hydrogen) atoms. The number of hydrogen-bond donors (Lipinski definition) is 4. The second kappa shape index (κ2) is 9.78. The van der Waals surface area contributed by atoms with E-state index in [0.717, 1.165) is 38.2 Å². The van der Waals surface area contributed by atoms with E-state index in [1.165, 1.54) is 17.2 Å². The number of rotatable bonds is 8. The summed E-state index contributed by atoms with van der Waals surface area (Å²) in [6, 6.07) is -0.225. The lowest BCUT2D eigenvalue weighted by Gasteiger charge is -2.30. The van der Waals surface area contributed by atoms with Crippen molar-refractivity contribution in [2.45, 2.75) is 68.7 Å². The van der Waals surface area contributed by atoms with Crippen molar-refractivity contribution in [1.82, 2.24) is 29.9 Å². The average Bonchev–Trinajstić information content (AvgIpc) is 3.41. The van der Waals surface area contributed by atoms with Crippen molar-refractivity contribution in [2.24, 2.45) is 0 Å². The van der Waals surface area contributed by atoms with Crippen molar-refractivity contribution < 1.29 is 15.3 Å². The Morgan fingerprint density at radius 1 is 1.16 bits per heavy atom. The maximum Gasteiger partial charge on any atom is 0.191 e. The third kappa shape index (κ3) is 4.56. The molecule has 2 aromatic heterocycles. The molecule has 1 saturated heterocycles. The first-order chi connectivity index (χ1) is 15.0. The number of aliphatic hydroxyl groups is 3. The van der Waals surface area contributed by atoms with Gasteiger partial charge in [0.1, 0.15) is 24.4 Å². The lowest BCUT2D eigenvalue weighted by molar-refractivity contribution is -0.0636. The predicted molar refractivity (Wildman–Crippen MR) is 119 cm³/mol. The first-order valence-electron chi connectivity index (χ1n) is 11.0. The maximum absolute atomic E-state index is 10.5. The number of likely N-dealkylation sites (N-methyl/N-ethyl adjacent to an activating group) is 1. The molecule has 10 nitrogen and oxygen atoms in total. The minimum absolute atomic E-state index is 0.455. The molecule has 170 valence electrons. The fraction of sp³-hybridized carbons (Fsp3) is 0.700. The summed E-state index contributed by atoms with van der Waals surface area (Å²) in [5.41, 5.74) is 1.02. The van der Waals surface area contributed by atoms with Gasteiger partial charge in [-0.05, 0) is 32.4 Å². The summed E-state index contributed by atoms with van der Waals surface area (Å²) in [4.78, 5) is 11.8. The SMILES string of the molecule is CCCSc1nc(NCC2CCCN2CC)c2nnn(C3C=C[C@H](O)[C@@H](O)[C@H]3O)c2n1. The normalized spacial score (nSPS) is 29.1. The van der Waals surface area contributed by atoms with Gasteiger partial charge in [-0.3, -0.25) is 4.90 Å². The van der Waals surface area contributed by atoms with E-state index in [2.05, 4.69) is 39.4 Å². The highest BCUT2D eigenvalue weighted by Gasteiger charge is 2.36. The largest absolute Gasteiger partial charge is 0.388 e. The molecule has 0 saturated carbocycles. The number of likely N-dealkylation sites (tertiary alicyclic amines) is 1. The lowest BCUT2D eigenvalue weighted by Crippen LogP contribution is -2.44. The Balaban J connectivity index is 1.66. The first-order valence-corrected chi connectivity index (χ1v) is 12.0. The van der Waals surface area contributed by atoms with Crippen LogP contribution in [-0.4, -0.2) is 94.9 Å². The number of nitrogens with one attached hydrogen (secondary N) is 1. The van der Waals surface area contributed by atoms with E-state index in [0.29, 0.717) is 28.2 Å². The maximum atomic E-state index is 10.5. The lowest BCUT2D eigenvalue weighted by atomic mass is 9.94. The molecule has 1 aliphatic heterocycles. The molecule has 5 atom stereocenters. The van der Waals surface area contributed by atoms with Crippen LogP contribution in [0.4, 0.5) is 5.82 Å². The van der Waals surface area contributed by atoms with Crippen LogP contribution in [0.25, 0.3) is 11.2 Å². The van der Waals surface area contributed by atoms with Gasteiger partial charge in [-0.25, -0.2) is 14.6 Å². The van der Waals surface area contributed by atoms with Crippen molar-refractivity contribution in [3.8, 4) is 0 Å². The molecular formula is C20H31N7O3S. The van der Waals surface area contributed by atoms with Crippen LogP contribution in [0.1, 0.15) is 39.2 Å². The highest BCUT2D eigenvalue weighted by atomic mass is 32.2. The number of nitrogens with zero attached hydrogens (tertiary/aromatic N) is 6. The third-order valence-electron chi connectivity index (χ3n) is 5.99. The van der Waals surface area contributed by atoms with E-state index < -0.39 is 24.4 Å². The van der Waals surface area contributed by atoms with Crippen molar-refractivity contribution in [1.29, 1.82) is 0 Å². The molecule has 2 aliphatic rings. The molecule has 2 aromatic rings. The highest BCUT2D eigenvalue weighted by molar-refractivity contribution is 7.99. The zero-order valence-electron chi connectivity index (χ0n) is 17.9. The summed E-state index contributed by atoms with van der Waals surface area (Å²) in [6.45, 7) is 7.20. The Kier molecular flexibility index (Phi) is 7.07. The van der Waals surface area contributed by atoms with E-state index in [1.54, 1.807) is 17.8 Å². The number of anilines is 1. The van der Waals surface area contributed by atoms with Gasteiger partial charge in [-0.1, -0.05) is 43.0 Å². The molecule has 0 aromatic carbocycles. The molecule has 4 N–H and O–H groups in total. The van der Waals surface area contributed by atoms with Crippen molar-refractivity contribution in [3.63, 3.8) is 0 Å². The van der Waals surface area contributed by atoms with E-state index in [9.17, 15) is 15.3 Å². The highest BCUT2D eigenvalue weighted by Crippen LogP contribution is 2.29. The molecule has 11 heteroatoms. The number of aliphatic hydroxyl groups excluding tert-OH is 3. The topological polar surface area (TPSA) is 132 Å². The van der Waals surface area contributed by atoms with E-state index in [4.69, 9.17) is 4.98 Å². The van der Waals surface area contributed by atoms with Gasteiger partial charge >= 0.3 is 0 Å². The number of aromatic nitrogens is 5. The standard InChI is InChI=1S/C20H31N7O3S/c1-3-10-31-20-22-18(21-11-12-6-5-9-26(12)4-2)15-19(23-20)27(25-24-15)13-7-8-14(28)17(30)16(13)29/h7-8,12-14,16-17,28-30H,3-6,9-11H2,1-2H3,(H,21,22,23)/t12?,13?,14-,16-,17+/m0/s1. The van der Waals surface area contributed by atoms with Gasteiger partial charge in [-0.15, -0.1) is 5.10 Å². The minimum Gasteiger partial charge on any atom is -0.388 e. The van der Waals surface area contributed by atoms with Crippen LogP contribution in [0.15, 0.2) is 17.3 Å². The second-order valence-electron chi connectivity index (χ2n) is 8.06. The van der Waals surface area contributed by atoms with Crippen LogP contribution in [0.3, 0.4) is 0 Å². The average molecular weight is 450 g/mol. The van der Waals surface area contributed by atoms with Gasteiger partial charge in [0.25, 0.3) is 0 Å². The summed E-state index contributed by atoms with van der Waals surface area (Å²) < 4.78 is 1.50. The molecule has 0 amide bonds. The van der Waals surface area contributed by atoms with Crippen LogP contribution in [0.5, 0.6) is 0 Å². The van der Waals surface area contributed by atoms with Crippen LogP contribution >= 0.6 is 11.8 Å². The monoisotopic (exact) mass is 449 g/mol. The molecule has 1 fully saturated rings. The van der Waals surface area contributed by atoms with E-state index >= 15 is 0 Å². The van der Waals surface area contributed by atoms with Gasteiger partial charge in [-0.2, -0.15) is 0 Å². The van der Waals surface area contributed by atoms with Crippen LogP contribution in [-0.2, 0) is 0 Å². The van der Waals surface area contributed by atoms with Crippen molar-refractivity contribution in [3.05, 3.63) is 12.2 Å². The van der Waals surface area contributed by atoms with Gasteiger partial charge in [0, 0.05) is 18.3 Å². The fourth-order valence-corrected chi connectivity index (χ4v) is 4.93. The molecular weight excluding hydrogens is 418 g/mol. The summed E-state index contributed by atoms with van der Waals surface area (Å²) in [6.07, 6.45) is 2.80. The number of hydrogen-bond acceptors (Lipinski definition) is 10. The molecule has 0 spiro atoms. The molecule has 0 bridgehead atoms. The zero-order valence-corrected chi connectivity index (χ0v) is 18.7. The Morgan fingerprint density at radius 3 is 2.77 bits per heavy atom. The second-order valence-corrected chi connectivity index (χ2v) is 9.12. The van der Waals surface area contributed by atoms with Crippen LogP contribution in [0, 0.1) is 0 Å². The Bertz CT molecular complexity index is 924. The summed E-state index contributed by atoms with van der Waals surface area (Å²) >= 11 is 1.56. The first kappa shape index (κ1) is 22.4. The number of fused-ring (bicyclic) bond motifs is 1. The Labute approximate surface area is 185 Å². The minimum atomic E-state index is -1.30. The quantitative estimate of drug-likeness (QED) is 0.261. The van der Waals surface area contributed by atoms with Crippen LogP contribution < -0.4 is 5.32 Å². The summed E-state index contributed by atoms with van der Waals surface area (Å²) in [5.74, 6) is 1.52. The Morgan fingerprint density at radius 2 is 2.00 bits per heavy atom. The molecule has 0 radical (unpaired) electrons. The molecule has 3 heterocycles. The third-order valence-corrected chi connectivity index (χ3v) is 7.04. The molecule has 4 rings (SSSR count). The van der Waals surface area contributed by atoms with Crippen LogP contribution in [0.2, 0.25) is 0 Å². The number of thioether (sulfide) groups is 1. The summed E-state index contributed by atoms with van der Waals surface area (Å²) in [5, 5.41) is 43.0. The van der Waals surface area contributed by atoms with Crippen molar-refractivity contribution in [2.75, 3.05) is 30.7 Å². The summed E-state index contributed by atoms with van der Waals surface area (Å²) in [7, 11) is 0. The predicted octanol–water partition coefficient (Wildman–Crippen LogP) is 0.813. The van der Waals surface area contributed by atoms with Gasteiger partial charge < -0.3 is 20.6 Å². The van der Waals surface area contributed by atoms with E-state index in [-0.39, 0.29) is 0 Å². The smallest absolute Gasteiger partial charge is 0.191 e. The fourth-order valence-electron chi connectivity index (χ4n) is 4.23. The molecule has 1 aliphatic carbocycles. The van der Waals surface area contributed by atoms with E-state index in [1.807, 2.05) is 0 Å².